The minimum atomic E-state index is 0.421. The highest BCUT2D eigenvalue weighted by Gasteiger charge is 2.34. The molecule has 0 aromatic heterocycles. The zero-order valence-corrected chi connectivity index (χ0v) is 13.7. The van der Waals surface area contributed by atoms with Crippen molar-refractivity contribution < 1.29 is 4.79 Å². The molecule has 2 rings (SSSR count). The van der Waals surface area contributed by atoms with Gasteiger partial charge < -0.3 is 0 Å². The van der Waals surface area contributed by atoms with E-state index in [4.69, 9.17) is 0 Å². The van der Waals surface area contributed by atoms with Crippen molar-refractivity contribution in [2.45, 2.75) is 90.9 Å². The molecule has 2 aliphatic carbocycles. The third-order valence-electron chi connectivity index (χ3n) is 6.10. The fourth-order valence-corrected chi connectivity index (χ4v) is 4.52. The molecule has 0 heterocycles. The number of Topliss-reactive ketones (excluding diaryl/α,β-unsaturated/α-hetero) is 1. The molecular weight excluding hydrogens is 244 g/mol. The molecule has 0 spiro atoms. The van der Waals surface area contributed by atoms with Gasteiger partial charge in [-0.15, -0.1) is 0 Å². The minimum absolute atomic E-state index is 0.421. The van der Waals surface area contributed by atoms with Gasteiger partial charge in [-0.3, -0.25) is 4.79 Å². The van der Waals surface area contributed by atoms with E-state index >= 15 is 0 Å². The second kappa shape index (κ2) is 8.20. The highest BCUT2D eigenvalue weighted by Crippen LogP contribution is 2.41. The quantitative estimate of drug-likeness (QED) is 0.564. The van der Waals surface area contributed by atoms with Crippen LogP contribution in [0.4, 0.5) is 0 Å². The first-order chi connectivity index (χ1) is 9.74. The van der Waals surface area contributed by atoms with Gasteiger partial charge in [-0.1, -0.05) is 52.4 Å². The van der Waals surface area contributed by atoms with Crippen molar-refractivity contribution in [2.75, 3.05) is 0 Å². The number of rotatable bonds is 6. The molecule has 2 atom stereocenters. The Balaban J connectivity index is 1.73. The second-order valence-corrected chi connectivity index (χ2v) is 7.39. The number of hydrogen-bond acceptors (Lipinski definition) is 1. The van der Waals surface area contributed by atoms with Gasteiger partial charge in [0, 0.05) is 12.3 Å². The lowest BCUT2D eigenvalue weighted by Crippen LogP contribution is -2.31. The van der Waals surface area contributed by atoms with Crippen molar-refractivity contribution in [3.05, 3.63) is 0 Å². The topological polar surface area (TPSA) is 17.1 Å². The summed E-state index contributed by atoms with van der Waals surface area (Å²) in [5.74, 6) is 3.62. The standard InChI is InChI=1S/C19H34O/c1-3-5-6-7-17-12-13-18(14-19(17)20)16-10-8-15(4-2)9-11-16/h15-18H,3-14H2,1-2H3. The Labute approximate surface area is 125 Å². The van der Waals surface area contributed by atoms with E-state index < -0.39 is 0 Å². The van der Waals surface area contributed by atoms with Crippen LogP contribution in [0.5, 0.6) is 0 Å². The van der Waals surface area contributed by atoms with Crippen molar-refractivity contribution in [2.24, 2.45) is 23.7 Å². The van der Waals surface area contributed by atoms with E-state index in [1.54, 1.807) is 0 Å². The van der Waals surface area contributed by atoms with Crippen molar-refractivity contribution in [1.82, 2.24) is 0 Å². The summed E-state index contributed by atoms with van der Waals surface area (Å²) in [5.41, 5.74) is 0. The highest BCUT2D eigenvalue weighted by atomic mass is 16.1. The summed E-state index contributed by atoms with van der Waals surface area (Å²) in [7, 11) is 0. The Kier molecular flexibility index (Phi) is 6.58. The largest absolute Gasteiger partial charge is 0.299 e. The van der Waals surface area contributed by atoms with Crippen molar-refractivity contribution in [3.63, 3.8) is 0 Å². The zero-order chi connectivity index (χ0) is 14.4. The molecule has 0 saturated heterocycles. The summed E-state index contributed by atoms with van der Waals surface area (Å²) in [4.78, 5) is 12.4. The van der Waals surface area contributed by atoms with Crippen LogP contribution in [0, 0.1) is 23.7 Å². The van der Waals surface area contributed by atoms with Crippen LogP contribution >= 0.6 is 0 Å². The second-order valence-electron chi connectivity index (χ2n) is 7.39. The van der Waals surface area contributed by atoms with Gasteiger partial charge >= 0.3 is 0 Å². The number of unbranched alkanes of at least 4 members (excludes halogenated alkanes) is 2. The Morgan fingerprint density at radius 2 is 1.60 bits per heavy atom. The van der Waals surface area contributed by atoms with Gasteiger partial charge in [0.25, 0.3) is 0 Å². The average Bonchev–Trinajstić information content (AvgIpc) is 2.49. The lowest BCUT2D eigenvalue weighted by atomic mass is 9.68. The van der Waals surface area contributed by atoms with Crippen LogP contribution in [0.3, 0.4) is 0 Å². The maximum Gasteiger partial charge on any atom is 0.136 e. The SMILES string of the molecule is CCCCCC1CCC(C2CCC(CC)CC2)CC1=O. The first-order valence-corrected chi connectivity index (χ1v) is 9.27. The first-order valence-electron chi connectivity index (χ1n) is 9.27. The maximum atomic E-state index is 12.4. The predicted octanol–water partition coefficient (Wildman–Crippen LogP) is 5.77. The van der Waals surface area contributed by atoms with Crippen molar-refractivity contribution in [3.8, 4) is 0 Å². The summed E-state index contributed by atoms with van der Waals surface area (Å²) in [6.07, 6.45) is 15.4. The molecule has 116 valence electrons. The van der Waals surface area contributed by atoms with E-state index in [0.717, 1.165) is 24.2 Å². The average molecular weight is 278 g/mol. The molecule has 2 unspecified atom stereocenters. The summed E-state index contributed by atoms with van der Waals surface area (Å²) in [5, 5.41) is 0. The fraction of sp³-hybridized carbons (Fsp3) is 0.947. The van der Waals surface area contributed by atoms with Crippen LogP contribution in [-0.2, 0) is 4.79 Å². The molecule has 2 fully saturated rings. The lowest BCUT2D eigenvalue weighted by molar-refractivity contribution is -0.127. The molecule has 0 aliphatic heterocycles. The lowest BCUT2D eigenvalue weighted by Gasteiger charge is -2.37. The zero-order valence-electron chi connectivity index (χ0n) is 13.7. The monoisotopic (exact) mass is 278 g/mol. The predicted molar refractivity (Wildman–Crippen MR) is 85.7 cm³/mol. The maximum absolute atomic E-state index is 12.4. The van der Waals surface area contributed by atoms with Gasteiger partial charge in [-0.2, -0.15) is 0 Å². The van der Waals surface area contributed by atoms with Crippen LogP contribution < -0.4 is 0 Å². The minimum Gasteiger partial charge on any atom is -0.299 e. The smallest absolute Gasteiger partial charge is 0.136 e. The molecule has 0 amide bonds. The summed E-state index contributed by atoms with van der Waals surface area (Å²) >= 11 is 0. The van der Waals surface area contributed by atoms with Gasteiger partial charge in [-0.25, -0.2) is 0 Å². The summed E-state index contributed by atoms with van der Waals surface area (Å²) in [6, 6.07) is 0. The fourth-order valence-electron chi connectivity index (χ4n) is 4.52. The third kappa shape index (κ3) is 4.33. The van der Waals surface area contributed by atoms with Crippen LogP contribution in [0.1, 0.15) is 90.9 Å². The summed E-state index contributed by atoms with van der Waals surface area (Å²) < 4.78 is 0. The number of ketones is 1. The van der Waals surface area contributed by atoms with Crippen molar-refractivity contribution >= 4 is 5.78 Å². The van der Waals surface area contributed by atoms with Crippen LogP contribution in [-0.4, -0.2) is 5.78 Å². The van der Waals surface area contributed by atoms with Gasteiger partial charge in [0.1, 0.15) is 5.78 Å². The van der Waals surface area contributed by atoms with Gasteiger partial charge in [0.2, 0.25) is 0 Å². The van der Waals surface area contributed by atoms with Crippen LogP contribution in [0.25, 0.3) is 0 Å². The Hall–Kier alpha value is -0.330. The molecule has 2 aliphatic rings. The van der Waals surface area contributed by atoms with Crippen molar-refractivity contribution in [1.29, 1.82) is 0 Å². The molecule has 0 aromatic carbocycles. The molecule has 0 bridgehead atoms. The third-order valence-corrected chi connectivity index (χ3v) is 6.10. The van der Waals surface area contributed by atoms with Gasteiger partial charge in [0.05, 0.1) is 0 Å². The van der Waals surface area contributed by atoms with Crippen LogP contribution in [0.2, 0.25) is 0 Å². The Bertz CT molecular complexity index is 288. The van der Waals surface area contributed by atoms with E-state index in [1.807, 2.05) is 0 Å². The Morgan fingerprint density at radius 3 is 2.20 bits per heavy atom. The molecule has 1 heteroatoms. The number of carbonyl (C=O) groups excluding carboxylic acids is 1. The molecule has 20 heavy (non-hydrogen) atoms. The normalized spacial score (nSPS) is 35.2. The van der Waals surface area contributed by atoms with E-state index in [1.165, 1.54) is 70.6 Å². The molecule has 0 aromatic rings. The molecule has 1 nitrogen and oxygen atoms in total. The van der Waals surface area contributed by atoms with Crippen LogP contribution in [0.15, 0.2) is 0 Å². The first kappa shape index (κ1) is 16.0. The molecule has 0 radical (unpaired) electrons. The molecular formula is C19H34O. The van der Waals surface area contributed by atoms with Gasteiger partial charge in [0.15, 0.2) is 0 Å². The van der Waals surface area contributed by atoms with E-state index in [-0.39, 0.29) is 0 Å². The van der Waals surface area contributed by atoms with E-state index in [0.29, 0.717) is 11.7 Å². The number of hydrogen-bond donors (Lipinski definition) is 0. The Morgan fingerprint density at radius 1 is 0.900 bits per heavy atom. The molecule has 0 N–H and O–H groups in total. The van der Waals surface area contributed by atoms with E-state index in [9.17, 15) is 4.79 Å². The van der Waals surface area contributed by atoms with Gasteiger partial charge in [-0.05, 0) is 49.9 Å². The number of carbonyl (C=O) groups is 1. The molecule has 2 saturated carbocycles. The van der Waals surface area contributed by atoms with E-state index in [2.05, 4.69) is 13.8 Å². The summed E-state index contributed by atoms with van der Waals surface area (Å²) in [6.45, 7) is 4.57. The highest BCUT2D eigenvalue weighted by molar-refractivity contribution is 5.81.